The minimum absolute atomic E-state index is 0.0140. The Morgan fingerprint density at radius 2 is 1.54 bits per heavy atom. The Labute approximate surface area is 140 Å². The van der Waals surface area contributed by atoms with Crippen molar-refractivity contribution in [3.05, 3.63) is 17.7 Å². The molecule has 2 rings (SSSR count). The Bertz CT molecular complexity index is 564. The Kier molecular flexibility index (Phi) is 8.00. The van der Waals surface area contributed by atoms with Crippen molar-refractivity contribution < 1.29 is 33.8 Å². The van der Waals surface area contributed by atoms with E-state index >= 15 is 0 Å². The van der Waals surface area contributed by atoms with Crippen LogP contribution in [0, 0.1) is 0 Å². The highest BCUT2D eigenvalue weighted by Crippen LogP contribution is 2.36. The van der Waals surface area contributed by atoms with Gasteiger partial charge in [-0.2, -0.15) is 5.10 Å². The summed E-state index contributed by atoms with van der Waals surface area (Å²) >= 11 is 0. The van der Waals surface area contributed by atoms with Crippen molar-refractivity contribution in [1.82, 2.24) is 5.01 Å². The molecule has 0 radical (unpaired) electrons. The molecule has 1 aromatic rings. The number of ether oxygens (including phenoxy) is 2. The Hall–Kier alpha value is -1.80. The van der Waals surface area contributed by atoms with Crippen molar-refractivity contribution >= 4 is 14.0 Å². The number of phenolic OH excluding ortho intramolecular Hbond substituents is 1. The fourth-order valence-corrected chi connectivity index (χ4v) is 2.13. The second-order valence-corrected chi connectivity index (χ2v) is 6.07. The van der Waals surface area contributed by atoms with Crippen molar-refractivity contribution in [1.29, 1.82) is 0 Å². The van der Waals surface area contributed by atoms with Gasteiger partial charge in [0.1, 0.15) is 0 Å². The third-order valence-electron chi connectivity index (χ3n) is 3.20. The van der Waals surface area contributed by atoms with Crippen molar-refractivity contribution in [2.75, 3.05) is 27.3 Å². The van der Waals surface area contributed by atoms with Crippen LogP contribution in [0.3, 0.4) is 0 Å². The molecule has 0 spiro atoms. The fourth-order valence-electron chi connectivity index (χ4n) is 2.13. The highest BCUT2D eigenvalue weighted by molar-refractivity contribution is 7.45. The molecule has 1 aromatic carbocycles. The first-order valence-corrected chi connectivity index (χ1v) is 8.83. The van der Waals surface area contributed by atoms with Gasteiger partial charge in [0.25, 0.3) is 0 Å². The van der Waals surface area contributed by atoms with Gasteiger partial charge in [0.2, 0.25) is 5.75 Å². The highest BCUT2D eigenvalue weighted by Gasteiger charge is 2.11. The molecular weight excluding hydrogens is 339 g/mol. The number of phosphoric acid groups is 1. The molecule has 24 heavy (non-hydrogen) atoms. The lowest BCUT2D eigenvalue weighted by molar-refractivity contribution is 0.240. The molecule has 10 heteroatoms. The van der Waals surface area contributed by atoms with Crippen molar-refractivity contribution in [3.8, 4) is 17.2 Å². The largest absolute Gasteiger partial charge is 0.502 e. The number of piperidine rings is 1. The zero-order chi connectivity index (χ0) is 18.2. The third-order valence-corrected chi connectivity index (χ3v) is 3.20. The monoisotopic (exact) mass is 362 g/mol. The number of hydrogen-bond acceptors (Lipinski definition) is 6. The van der Waals surface area contributed by atoms with E-state index in [0.717, 1.165) is 18.7 Å². The summed E-state index contributed by atoms with van der Waals surface area (Å²) in [6, 6.07) is 3.48. The molecule has 0 amide bonds. The molecule has 1 fully saturated rings. The van der Waals surface area contributed by atoms with Gasteiger partial charge < -0.3 is 29.3 Å². The number of rotatable bonds is 4. The summed E-state index contributed by atoms with van der Waals surface area (Å²) in [5.74, 6) is 0.791. The second kappa shape index (κ2) is 9.48. The number of hydrazone groups is 1. The normalized spacial score (nSPS) is 15.0. The Morgan fingerprint density at radius 1 is 1.08 bits per heavy atom. The van der Waals surface area contributed by atoms with Gasteiger partial charge in [-0.3, -0.25) is 5.01 Å². The SMILES string of the molecule is COc1cc(/C=N/N2CCCCC2)cc(OC)c1O.O=P(O)(O)O. The molecule has 136 valence electrons. The molecular formula is C14H23N2O7P. The summed E-state index contributed by atoms with van der Waals surface area (Å²) in [4.78, 5) is 21.6. The fraction of sp³-hybridized carbons (Fsp3) is 0.500. The lowest BCUT2D eigenvalue weighted by Gasteiger charge is -2.23. The number of nitrogens with zero attached hydrogens (tertiary/aromatic N) is 2. The van der Waals surface area contributed by atoms with Gasteiger partial charge in [0, 0.05) is 18.7 Å². The van der Waals surface area contributed by atoms with Crippen LogP contribution in [0.4, 0.5) is 0 Å². The van der Waals surface area contributed by atoms with E-state index in [4.69, 9.17) is 28.7 Å². The molecule has 0 bridgehead atoms. The summed E-state index contributed by atoms with van der Waals surface area (Å²) in [6.07, 6.45) is 5.45. The zero-order valence-corrected chi connectivity index (χ0v) is 14.5. The highest BCUT2D eigenvalue weighted by atomic mass is 31.2. The quantitative estimate of drug-likeness (QED) is 0.465. The molecule has 4 N–H and O–H groups in total. The molecule has 0 atom stereocenters. The topological polar surface area (TPSA) is 132 Å². The average molecular weight is 362 g/mol. The van der Waals surface area contributed by atoms with E-state index in [9.17, 15) is 5.11 Å². The van der Waals surface area contributed by atoms with E-state index in [0.29, 0.717) is 11.5 Å². The smallest absolute Gasteiger partial charge is 0.466 e. The van der Waals surface area contributed by atoms with E-state index in [1.165, 1.54) is 33.5 Å². The van der Waals surface area contributed by atoms with Crippen molar-refractivity contribution in [3.63, 3.8) is 0 Å². The van der Waals surface area contributed by atoms with E-state index < -0.39 is 7.82 Å². The lowest BCUT2D eigenvalue weighted by atomic mass is 10.2. The van der Waals surface area contributed by atoms with Crippen LogP contribution in [0.1, 0.15) is 24.8 Å². The van der Waals surface area contributed by atoms with Crippen LogP contribution in [0.5, 0.6) is 17.2 Å². The molecule has 1 heterocycles. The minimum atomic E-state index is -4.64. The summed E-state index contributed by atoms with van der Waals surface area (Å²) in [6.45, 7) is 2.01. The summed E-state index contributed by atoms with van der Waals surface area (Å²) in [5, 5.41) is 16.3. The first-order valence-electron chi connectivity index (χ1n) is 7.26. The van der Waals surface area contributed by atoms with Gasteiger partial charge in [-0.1, -0.05) is 0 Å². The number of phenols is 1. The zero-order valence-electron chi connectivity index (χ0n) is 13.6. The molecule has 0 unspecified atom stereocenters. The molecule has 0 aliphatic carbocycles. The van der Waals surface area contributed by atoms with Crippen LogP contribution >= 0.6 is 7.82 Å². The van der Waals surface area contributed by atoms with E-state index in [1.807, 2.05) is 0 Å². The molecule has 0 saturated carbocycles. The van der Waals surface area contributed by atoms with Crippen LogP contribution in [0.25, 0.3) is 0 Å². The molecule has 1 aliphatic heterocycles. The van der Waals surface area contributed by atoms with E-state index in [-0.39, 0.29) is 5.75 Å². The first kappa shape index (κ1) is 20.2. The maximum atomic E-state index is 9.83. The number of hydrogen-bond donors (Lipinski definition) is 4. The minimum Gasteiger partial charge on any atom is -0.502 e. The van der Waals surface area contributed by atoms with E-state index in [2.05, 4.69) is 10.1 Å². The van der Waals surface area contributed by atoms with Crippen molar-refractivity contribution in [2.45, 2.75) is 19.3 Å². The van der Waals surface area contributed by atoms with Gasteiger partial charge >= 0.3 is 7.82 Å². The van der Waals surface area contributed by atoms with Crippen LogP contribution in [-0.2, 0) is 4.57 Å². The summed E-state index contributed by atoms with van der Waals surface area (Å²) in [7, 11) is -1.61. The number of methoxy groups -OCH3 is 2. The molecule has 9 nitrogen and oxygen atoms in total. The first-order chi connectivity index (χ1) is 11.2. The van der Waals surface area contributed by atoms with Gasteiger partial charge in [0.15, 0.2) is 11.5 Å². The van der Waals surface area contributed by atoms with Crippen molar-refractivity contribution in [2.24, 2.45) is 5.10 Å². The van der Waals surface area contributed by atoms with Gasteiger partial charge in [0.05, 0.1) is 20.4 Å². The standard InChI is InChI=1S/C14H20N2O3.H3O4P/c1-18-12-8-11(9-13(19-2)14(12)17)10-15-16-6-4-3-5-7-16;1-5(2,3)4/h8-10,17H,3-7H2,1-2H3;(H3,1,2,3,4)/b15-10+;. The van der Waals surface area contributed by atoms with Crippen LogP contribution in [0.2, 0.25) is 0 Å². The van der Waals surface area contributed by atoms with Crippen LogP contribution < -0.4 is 9.47 Å². The predicted octanol–water partition coefficient (Wildman–Crippen LogP) is 1.30. The maximum Gasteiger partial charge on any atom is 0.466 e. The third kappa shape index (κ3) is 7.65. The Balaban J connectivity index is 0.000000505. The van der Waals surface area contributed by atoms with Crippen LogP contribution in [-0.4, -0.2) is 58.3 Å². The average Bonchev–Trinajstić information content (AvgIpc) is 2.53. The number of aromatic hydroxyl groups is 1. The van der Waals surface area contributed by atoms with Gasteiger partial charge in [-0.25, -0.2) is 4.57 Å². The molecule has 1 aliphatic rings. The Morgan fingerprint density at radius 3 is 1.96 bits per heavy atom. The summed E-state index contributed by atoms with van der Waals surface area (Å²) < 4.78 is 19.1. The van der Waals surface area contributed by atoms with Gasteiger partial charge in [-0.15, -0.1) is 0 Å². The molecule has 1 saturated heterocycles. The van der Waals surface area contributed by atoms with E-state index in [1.54, 1.807) is 18.3 Å². The van der Waals surface area contributed by atoms with Crippen LogP contribution in [0.15, 0.2) is 17.2 Å². The molecule has 0 aromatic heterocycles. The van der Waals surface area contributed by atoms with Gasteiger partial charge in [-0.05, 0) is 31.4 Å². The lowest BCUT2D eigenvalue weighted by Crippen LogP contribution is -2.24. The predicted molar refractivity (Wildman–Crippen MR) is 88.5 cm³/mol. The summed E-state index contributed by atoms with van der Waals surface area (Å²) in [5.41, 5.74) is 0.845. The maximum absolute atomic E-state index is 9.83. The second-order valence-electron chi connectivity index (χ2n) is 5.05. The number of benzene rings is 1.